The van der Waals surface area contributed by atoms with Gasteiger partial charge in [0.05, 0.1) is 6.42 Å². The van der Waals surface area contributed by atoms with Crippen LogP contribution in [0.15, 0.2) is 18.5 Å². The van der Waals surface area contributed by atoms with Gasteiger partial charge in [0.2, 0.25) is 5.78 Å². The van der Waals surface area contributed by atoms with Gasteiger partial charge in [-0.25, -0.2) is 0 Å². The van der Waals surface area contributed by atoms with Crippen molar-refractivity contribution in [2.75, 3.05) is 0 Å². The normalized spacial score (nSPS) is 8.33. The van der Waals surface area contributed by atoms with Gasteiger partial charge in [-0.05, 0) is 6.07 Å². The minimum absolute atomic E-state index is 0.314. The van der Waals surface area contributed by atoms with Crippen LogP contribution in [0.5, 0.6) is 0 Å². The number of carbonyl (C=O) groups is 3. The molecular formula is C14H23NO3. The third-order valence-corrected chi connectivity index (χ3v) is 1.87. The Labute approximate surface area is 109 Å². The molecule has 0 N–H and O–H groups in total. The van der Waals surface area contributed by atoms with Gasteiger partial charge in [0.25, 0.3) is 0 Å². The second-order valence-corrected chi connectivity index (χ2v) is 3.14. The molecule has 102 valence electrons. The molecule has 1 aromatic heterocycles. The molecule has 0 amide bonds. The van der Waals surface area contributed by atoms with Crippen molar-refractivity contribution in [3.63, 3.8) is 0 Å². The third-order valence-electron chi connectivity index (χ3n) is 1.87. The number of hydrogen-bond acceptors (Lipinski definition) is 3. The fraction of sp³-hybridized carbons (Fsp3) is 0.500. The second-order valence-electron chi connectivity index (χ2n) is 3.14. The van der Waals surface area contributed by atoms with Crippen LogP contribution in [0.25, 0.3) is 0 Å². The smallest absolute Gasteiger partial charge is 0.205 e. The molecular weight excluding hydrogens is 230 g/mol. The second kappa shape index (κ2) is 10.4. The highest BCUT2D eigenvalue weighted by molar-refractivity contribution is 6.40. The van der Waals surface area contributed by atoms with Crippen LogP contribution in [0.4, 0.5) is 0 Å². The Bertz CT molecular complexity index is 391. The Morgan fingerprint density at radius 1 is 1.11 bits per heavy atom. The quantitative estimate of drug-likeness (QED) is 0.471. The number of rotatable bonds is 4. The van der Waals surface area contributed by atoms with E-state index >= 15 is 0 Å². The van der Waals surface area contributed by atoms with E-state index in [2.05, 4.69) is 0 Å². The van der Waals surface area contributed by atoms with Crippen LogP contribution in [0.3, 0.4) is 0 Å². The average Bonchev–Trinajstić information content (AvgIpc) is 2.81. The highest BCUT2D eigenvalue weighted by Gasteiger charge is 2.15. The predicted molar refractivity (Wildman–Crippen MR) is 72.7 cm³/mol. The first kappa shape index (κ1) is 18.6. The molecule has 4 heteroatoms. The molecule has 18 heavy (non-hydrogen) atoms. The standard InChI is InChI=1S/C10H11NO3.2C2H6/c1-7(12)9(13)5-10(14)8-3-4-11(2)6-8;2*1-2/h3-4,6H,5H2,1-2H3;2*1-2H3. The molecule has 0 fully saturated rings. The summed E-state index contributed by atoms with van der Waals surface area (Å²) in [4.78, 5) is 33.0. The first-order valence-electron chi connectivity index (χ1n) is 6.19. The number of ketones is 3. The number of aromatic nitrogens is 1. The van der Waals surface area contributed by atoms with Gasteiger partial charge in [0, 0.05) is 31.9 Å². The maximum absolute atomic E-state index is 11.4. The van der Waals surface area contributed by atoms with Gasteiger partial charge in [-0.2, -0.15) is 0 Å². The molecule has 1 aromatic rings. The molecule has 0 aliphatic heterocycles. The van der Waals surface area contributed by atoms with E-state index < -0.39 is 11.6 Å². The summed E-state index contributed by atoms with van der Waals surface area (Å²) >= 11 is 0. The highest BCUT2D eigenvalue weighted by atomic mass is 16.2. The highest BCUT2D eigenvalue weighted by Crippen LogP contribution is 2.04. The summed E-state index contributed by atoms with van der Waals surface area (Å²) < 4.78 is 1.71. The molecule has 0 atom stereocenters. The molecule has 0 saturated carbocycles. The largest absolute Gasteiger partial charge is 0.357 e. The summed E-state index contributed by atoms with van der Waals surface area (Å²) in [5.41, 5.74) is 0.460. The molecule has 1 heterocycles. The first-order chi connectivity index (χ1) is 8.50. The number of carbonyl (C=O) groups excluding carboxylic acids is 3. The summed E-state index contributed by atoms with van der Waals surface area (Å²) in [6.07, 6.45) is 3.00. The van der Waals surface area contributed by atoms with E-state index in [-0.39, 0.29) is 12.2 Å². The molecule has 0 radical (unpaired) electrons. The molecule has 0 bridgehead atoms. The number of nitrogens with zero attached hydrogens (tertiary/aromatic N) is 1. The lowest BCUT2D eigenvalue weighted by molar-refractivity contribution is -0.134. The van der Waals surface area contributed by atoms with Gasteiger partial charge in [-0.15, -0.1) is 0 Å². The summed E-state index contributed by atoms with van der Waals surface area (Å²) in [5.74, 6) is -1.53. The number of Topliss-reactive ketones (excluding diaryl/α,β-unsaturated/α-hetero) is 3. The van der Waals surface area contributed by atoms with Crippen LogP contribution >= 0.6 is 0 Å². The Morgan fingerprint density at radius 3 is 1.94 bits per heavy atom. The lowest BCUT2D eigenvalue weighted by Gasteiger charge is -1.94. The van der Waals surface area contributed by atoms with Crippen molar-refractivity contribution < 1.29 is 14.4 Å². The van der Waals surface area contributed by atoms with E-state index in [1.54, 1.807) is 30.1 Å². The average molecular weight is 253 g/mol. The van der Waals surface area contributed by atoms with Crippen LogP contribution in [0, 0.1) is 0 Å². The summed E-state index contributed by atoms with van der Waals surface area (Å²) in [5, 5.41) is 0. The Hall–Kier alpha value is -1.71. The van der Waals surface area contributed by atoms with Crippen molar-refractivity contribution in [1.29, 1.82) is 0 Å². The topological polar surface area (TPSA) is 56.1 Å². The summed E-state index contributed by atoms with van der Waals surface area (Å²) in [6, 6.07) is 1.62. The summed E-state index contributed by atoms with van der Waals surface area (Å²) in [6.45, 7) is 9.17. The zero-order chi connectivity index (χ0) is 14.7. The van der Waals surface area contributed by atoms with Crippen molar-refractivity contribution in [2.45, 2.75) is 41.0 Å². The Balaban J connectivity index is 0. The predicted octanol–water partition coefficient (Wildman–Crippen LogP) is 2.81. The Morgan fingerprint density at radius 2 is 1.61 bits per heavy atom. The minimum atomic E-state index is -0.640. The van der Waals surface area contributed by atoms with Gasteiger partial charge in [0.1, 0.15) is 0 Å². The fourth-order valence-corrected chi connectivity index (χ4v) is 1.04. The van der Waals surface area contributed by atoms with E-state index in [9.17, 15) is 14.4 Å². The van der Waals surface area contributed by atoms with E-state index in [4.69, 9.17) is 0 Å². The van der Waals surface area contributed by atoms with Crippen molar-refractivity contribution in [1.82, 2.24) is 4.57 Å². The molecule has 0 saturated heterocycles. The van der Waals surface area contributed by atoms with Gasteiger partial charge in [-0.3, -0.25) is 14.4 Å². The van der Waals surface area contributed by atoms with Gasteiger partial charge < -0.3 is 4.57 Å². The van der Waals surface area contributed by atoms with Crippen molar-refractivity contribution in [2.24, 2.45) is 7.05 Å². The molecule has 0 spiro atoms. The summed E-state index contributed by atoms with van der Waals surface area (Å²) in [7, 11) is 1.78. The molecule has 0 aromatic carbocycles. The Kier molecular flexibility index (Phi) is 10.8. The molecule has 1 rings (SSSR count). The van der Waals surface area contributed by atoms with E-state index in [0.717, 1.165) is 0 Å². The SMILES string of the molecule is CC.CC.CC(=O)C(=O)CC(=O)c1ccn(C)c1. The minimum Gasteiger partial charge on any atom is -0.357 e. The maximum Gasteiger partial charge on any atom is 0.205 e. The number of aryl methyl sites for hydroxylation is 1. The van der Waals surface area contributed by atoms with Gasteiger partial charge in [0.15, 0.2) is 11.6 Å². The monoisotopic (exact) mass is 253 g/mol. The zero-order valence-electron chi connectivity index (χ0n) is 12.1. The van der Waals surface area contributed by atoms with Crippen LogP contribution in [-0.2, 0) is 16.6 Å². The van der Waals surface area contributed by atoms with E-state index in [1.165, 1.54) is 6.92 Å². The van der Waals surface area contributed by atoms with Crippen molar-refractivity contribution in [3.05, 3.63) is 24.0 Å². The zero-order valence-corrected chi connectivity index (χ0v) is 12.1. The van der Waals surface area contributed by atoms with E-state index in [0.29, 0.717) is 5.56 Å². The lowest BCUT2D eigenvalue weighted by Crippen LogP contribution is -2.14. The van der Waals surface area contributed by atoms with Crippen LogP contribution < -0.4 is 0 Å². The van der Waals surface area contributed by atoms with E-state index in [1.807, 2.05) is 27.7 Å². The van der Waals surface area contributed by atoms with Gasteiger partial charge >= 0.3 is 0 Å². The van der Waals surface area contributed by atoms with Crippen LogP contribution in [-0.4, -0.2) is 21.9 Å². The van der Waals surface area contributed by atoms with Crippen LogP contribution in [0.2, 0.25) is 0 Å². The maximum atomic E-state index is 11.4. The lowest BCUT2D eigenvalue weighted by atomic mass is 10.1. The first-order valence-corrected chi connectivity index (χ1v) is 6.19. The van der Waals surface area contributed by atoms with Crippen molar-refractivity contribution in [3.8, 4) is 0 Å². The molecule has 0 unspecified atom stereocenters. The molecule has 0 aliphatic carbocycles. The number of hydrogen-bond donors (Lipinski definition) is 0. The van der Waals surface area contributed by atoms with Crippen LogP contribution in [0.1, 0.15) is 51.4 Å². The van der Waals surface area contributed by atoms with Crippen molar-refractivity contribution >= 4 is 17.3 Å². The molecule has 4 nitrogen and oxygen atoms in total. The fourth-order valence-electron chi connectivity index (χ4n) is 1.04. The van der Waals surface area contributed by atoms with Gasteiger partial charge in [-0.1, -0.05) is 27.7 Å². The molecule has 0 aliphatic rings. The third kappa shape index (κ3) is 6.78.